The highest BCUT2D eigenvalue weighted by atomic mass is 32.2. The molecule has 3 nitrogen and oxygen atoms in total. The van der Waals surface area contributed by atoms with E-state index in [0.717, 1.165) is 28.1 Å². The maximum atomic E-state index is 13.0. The van der Waals surface area contributed by atoms with Gasteiger partial charge in [-0.05, 0) is 42.3 Å². The summed E-state index contributed by atoms with van der Waals surface area (Å²) in [6.45, 7) is 2.47. The van der Waals surface area contributed by atoms with E-state index in [-0.39, 0.29) is 5.91 Å². The predicted molar refractivity (Wildman–Crippen MR) is 124 cm³/mol. The number of carbonyl (C=O) groups excluding carboxylic acids is 1. The fourth-order valence-electron chi connectivity index (χ4n) is 3.07. The fourth-order valence-corrected chi connectivity index (χ4v) is 4.36. The minimum Gasteiger partial charge on any atom is -0.488 e. The number of hydrogen-bond acceptors (Lipinski definition) is 4. The lowest BCUT2D eigenvalue weighted by Crippen LogP contribution is -2.27. The first-order chi connectivity index (χ1) is 14.1. The van der Waals surface area contributed by atoms with E-state index in [2.05, 4.69) is 0 Å². The maximum Gasteiger partial charge on any atom is 0.270 e. The number of carbonyl (C=O) groups is 1. The van der Waals surface area contributed by atoms with E-state index >= 15 is 0 Å². The Kier molecular flexibility index (Phi) is 5.79. The van der Waals surface area contributed by atoms with Crippen LogP contribution in [0.4, 0.5) is 5.69 Å². The van der Waals surface area contributed by atoms with Crippen molar-refractivity contribution in [1.82, 2.24) is 0 Å². The van der Waals surface area contributed by atoms with Crippen LogP contribution >= 0.6 is 24.0 Å². The van der Waals surface area contributed by atoms with Crippen molar-refractivity contribution in [3.63, 3.8) is 0 Å². The quantitative estimate of drug-likeness (QED) is 0.377. The first-order valence-corrected chi connectivity index (χ1v) is 10.4. The van der Waals surface area contributed by atoms with Gasteiger partial charge in [0.15, 0.2) is 4.32 Å². The Morgan fingerprint density at radius 1 is 1.00 bits per heavy atom. The first kappa shape index (κ1) is 19.4. The van der Waals surface area contributed by atoms with Gasteiger partial charge in [-0.25, -0.2) is 0 Å². The lowest BCUT2D eigenvalue weighted by atomic mass is 10.1. The Hall–Kier alpha value is -2.89. The molecular weight excluding hydrogens is 398 g/mol. The van der Waals surface area contributed by atoms with E-state index in [1.54, 1.807) is 4.90 Å². The van der Waals surface area contributed by atoms with Gasteiger partial charge in [0.1, 0.15) is 12.4 Å². The largest absolute Gasteiger partial charge is 0.488 e. The van der Waals surface area contributed by atoms with E-state index in [9.17, 15) is 4.79 Å². The Labute approximate surface area is 180 Å². The predicted octanol–water partition coefficient (Wildman–Crippen LogP) is 5.98. The smallest absolute Gasteiger partial charge is 0.270 e. The molecule has 0 radical (unpaired) electrons. The number of hydrogen-bond donors (Lipinski definition) is 0. The van der Waals surface area contributed by atoms with Gasteiger partial charge < -0.3 is 4.74 Å². The third-order valence-corrected chi connectivity index (χ3v) is 5.80. The second-order valence-corrected chi connectivity index (χ2v) is 8.34. The van der Waals surface area contributed by atoms with Gasteiger partial charge in [-0.1, -0.05) is 84.6 Å². The average molecular weight is 418 g/mol. The molecule has 3 aromatic rings. The van der Waals surface area contributed by atoms with Gasteiger partial charge in [0.25, 0.3) is 5.91 Å². The summed E-state index contributed by atoms with van der Waals surface area (Å²) in [5.41, 5.74) is 3.82. The summed E-state index contributed by atoms with van der Waals surface area (Å²) < 4.78 is 6.55. The highest BCUT2D eigenvalue weighted by Gasteiger charge is 2.33. The molecule has 4 rings (SSSR count). The molecule has 0 saturated carbocycles. The molecule has 29 heavy (non-hydrogen) atoms. The van der Waals surface area contributed by atoms with Crippen LogP contribution in [0.15, 0.2) is 83.8 Å². The molecule has 0 atom stereocenters. The molecule has 1 aliphatic rings. The van der Waals surface area contributed by atoms with Crippen molar-refractivity contribution in [2.24, 2.45) is 0 Å². The molecule has 0 unspecified atom stereocenters. The molecule has 0 spiro atoms. The van der Waals surface area contributed by atoms with Crippen molar-refractivity contribution >= 4 is 46.0 Å². The van der Waals surface area contributed by atoms with Gasteiger partial charge in [-0.15, -0.1) is 0 Å². The summed E-state index contributed by atoms with van der Waals surface area (Å²) in [6, 6.07) is 25.5. The molecule has 1 aliphatic heterocycles. The van der Waals surface area contributed by atoms with Gasteiger partial charge in [-0.3, -0.25) is 9.69 Å². The number of thiocarbonyl (C=S) groups is 1. The zero-order chi connectivity index (χ0) is 20.2. The molecule has 0 bridgehead atoms. The third-order valence-electron chi connectivity index (χ3n) is 4.50. The van der Waals surface area contributed by atoms with Crippen LogP contribution in [0.25, 0.3) is 6.08 Å². The molecule has 3 aromatic carbocycles. The van der Waals surface area contributed by atoms with Crippen LogP contribution < -0.4 is 9.64 Å². The molecule has 5 heteroatoms. The van der Waals surface area contributed by atoms with Crippen LogP contribution in [0.5, 0.6) is 5.75 Å². The standard InChI is InChI=1S/C24H19NO2S2/c1-17-8-7-12-20(14-17)25-23(26)22(29-24(25)28)15-19-11-5-6-13-21(19)27-16-18-9-3-2-4-10-18/h2-15H,16H2,1H3/b22-15-. The second-order valence-electron chi connectivity index (χ2n) is 6.67. The van der Waals surface area contributed by atoms with E-state index < -0.39 is 0 Å². The van der Waals surface area contributed by atoms with E-state index in [1.807, 2.05) is 91.9 Å². The van der Waals surface area contributed by atoms with Crippen LogP contribution in [0.2, 0.25) is 0 Å². The van der Waals surface area contributed by atoms with Crippen LogP contribution in [0.1, 0.15) is 16.7 Å². The van der Waals surface area contributed by atoms with Gasteiger partial charge in [-0.2, -0.15) is 0 Å². The van der Waals surface area contributed by atoms with Crippen LogP contribution in [0, 0.1) is 6.92 Å². The van der Waals surface area contributed by atoms with Crippen molar-refractivity contribution in [2.45, 2.75) is 13.5 Å². The van der Waals surface area contributed by atoms with Gasteiger partial charge in [0.05, 0.1) is 10.6 Å². The zero-order valence-corrected chi connectivity index (χ0v) is 17.5. The van der Waals surface area contributed by atoms with Crippen LogP contribution in [-0.2, 0) is 11.4 Å². The van der Waals surface area contributed by atoms with Gasteiger partial charge in [0.2, 0.25) is 0 Å². The van der Waals surface area contributed by atoms with Crippen molar-refractivity contribution in [2.75, 3.05) is 4.90 Å². The number of benzene rings is 3. The molecule has 0 aliphatic carbocycles. The first-order valence-electron chi connectivity index (χ1n) is 9.22. The number of thioether (sulfide) groups is 1. The molecule has 0 aromatic heterocycles. The lowest BCUT2D eigenvalue weighted by molar-refractivity contribution is -0.113. The summed E-state index contributed by atoms with van der Waals surface area (Å²) in [5, 5.41) is 0. The van der Waals surface area contributed by atoms with E-state index in [1.165, 1.54) is 11.8 Å². The topological polar surface area (TPSA) is 29.5 Å². The second kappa shape index (κ2) is 8.64. The summed E-state index contributed by atoms with van der Waals surface area (Å²) in [6.07, 6.45) is 1.86. The Balaban J connectivity index is 1.58. The summed E-state index contributed by atoms with van der Waals surface area (Å²) >= 11 is 6.79. The van der Waals surface area contributed by atoms with Crippen molar-refractivity contribution < 1.29 is 9.53 Å². The number of ether oxygens (including phenoxy) is 1. The highest BCUT2D eigenvalue weighted by Crippen LogP contribution is 2.37. The number of rotatable bonds is 5. The number of nitrogens with zero attached hydrogens (tertiary/aromatic N) is 1. The number of amides is 1. The molecule has 0 N–H and O–H groups in total. The number of anilines is 1. The summed E-state index contributed by atoms with van der Waals surface area (Å²) in [7, 11) is 0. The van der Waals surface area contributed by atoms with Crippen molar-refractivity contribution in [1.29, 1.82) is 0 Å². The molecule has 144 valence electrons. The van der Waals surface area contributed by atoms with E-state index in [0.29, 0.717) is 15.8 Å². The molecule has 1 fully saturated rings. The van der Waals surface area contributed by atoms with E-state index in [4.69, 9.17) is 17.0 Å². The minimum atomic E-state index is -0.108. The Morgan fingerprint density at radius 3 is 2.55 bits per heavy atom. The van der Waals surface area contributed by atoms with Crippen LogP contribution in [-0.4, -0.2) is 10.2 Å². The van der Waals surface area contributed by atoms with Crippen molar-refractivity contribution in [3.05, 3.63) is 100 Å². The Morgan fingerprint density at radius 2 is 1.76 bits per heavy atom. The summed E-state index contributed by atoms with van der Waals surface area (Å²) in [5.74, 6) is 0.626. The maximum absolute atomic E-state index is 13.0. The zero-order valence-electron chi connectivity index (χ0n) is 15.9. The average Bonchev–Trinajstić information content (AvgIpc) is 3.01. The molecule has 1 heterocycles. The van der Waals surface area contributed by atoms with Crippen LogP contribution in [0.3, 0.4) is 0 Å². The molecule has 1 amide bonds. The SMILES string of the molecule is Cc1cccc(N2C(=O)/C(=C/c3ccccc3OCc3ccccc3)SC2=S)c1. The lowest BCUT2D eigenvalue weighted by Gasteiger charge is -2.15. The number of aryl methyl sites for hydroxylation is 1. The Bertz CT molecular complexity index is 1090. The number of para-hydroxylation sites is 1. The highest BCUT2D eigenvalue weighted by molar-refractivity contribution is 8.27. The molecular formula is C24H19NO2S2. The molecule has 1 saturated heterocycles. The third kappa shape index (κ3) is 4.42. The van der Waals surface area contributed by atoms with Gasteiger partial charge >= 0.3 is 0 Å². The monoisotopic (exact) mass is 417 g/mol. The summed E-state index contributed by atoms with van der Waals surface area (Å²) in [4.78, 5) is 15.2. The normalized spacial score (nSPS) is 15.2. The fraction of sp³-hybridized carbons (Fsp3) is 0.0833. The van der Waals surface area contributed by atoms with Gasteiger partial charge in [0, 0.05) is 5.56 Å². The van der Waals surface area contributed by atoms with Crippen molar-refractivity contribution in [3.8, 4) is 5.75 Å². The minimum absolute atomic E-state index is 0.108.